The minimum Gasteiger partial charge on any atom is 0 e. The molecule has 0 atom stereocenters. The van der Waals surface area contributed by atoms with Crippen molar-refractivity contribution in [2.45, 2.75) is 0 Å². The maximum Gasteiger partial charge on any atom is 0 e. The van der Waals surface area contributed by atoms with Gasteiger partial charge in [-0.3, -0.25) is 0 Å². The van der Waals surface area contributed by atoms with E-state index in [2.05, 4.69) is 0 Å². The second-order valence-electron chi connectivity index (χ2n) is 0. The Kier molecular flexibility index (Phi) is 197. The number of hydrogen-bond donors (Lipinski definition) is 0. The van der Waals surface area contributed by atoms with Gasteiger partial charge in [0.15, 0.2) is 0 Å². The second-order valence-corrected chi connectivity index (χ2v) is 0. The number of hydrogen-bond acceptors (Lipinski definition) is 0. The topological polar surface area (TPSA) is 0 Å². The van der Waals surface area contributed by atoms with Crippen LogP contribution in [0, 0.1) is 0 Å². The molecule has 0 rings (SSSR count). The first-order valence-corrected chi connectivity index (χ1v) is 0. The normalized spacial score (nSPS) is 0. The molecule has 0 aromatic rings. The molecule has 0 nitrogen and oxygen atoms in total. The Morgan fingerprint density at radius 2 is 0.400 bits per heavy atom. The Morgan fingerprint density at radius 1 is 0.400 bits per heavy atom. The summed E-state index contributed by atoms with van der Waals surface area (Å²) in [5.41, 5.74) is 0. The second kappa shape index (κ2) is 25.6. The molecule has 0 aromatic carbocycles. The van der Waals surface area contributed by atoms with E-state index >= 15 is 0 Å². The molecule has 0 aliphatic heterocycles. The van der Waals surface area contributed by atoms with Crippen LogP contribution in [0.1, 0.15) is 0 Å². The van der Waals surface area contributed by atoms with Gasteiger partial charge < -0.3 is 0 Å². The van der Waals surface area contributed by atoms with Crippen LogP contribution in [0.3, 0.4) is 0 Å². The summed E-state index contributed by atoms with van der Waals surface area (Å²) in [7, 11) is 0. The SMILES string of the molecule is [Pd].[Pd].[Pd].[Sn].[Sn]. The third-order valence-corrected chi connectivity index (χ3v) is 0. The summed E-state index contributed by atoms with van der Waals surface area (Å²) in [4.78, 5) is 0. The minimum absolute atomic E-state index is 0. The van der Waals surface area contributed by atoms with Crippen molar-refractivity contribution >= 4 is 47.8 Å². The predicted molar refractivity (Wildman–Crippen MR) is 11.5 cm³/mol. The van der Waals surface area contributed by atoms with Gasteiger partial charge in [-0.2, -0.15) is 0 Å². The summed E-state index contributed by atoms with van der Waals surface area (Å²) in [6.45, 7) is 0. The summed E-state index contributed by atoms with van der Waals surface area (Å²) in [5, 5.41) is 0. The van der Waals surface area contributed by atoms with E-state index in [0.717, 1.165) is 0 Å². The third-order valence-electron chi connectivity index (χ3n) is 0. The molecular weight excluding hydrogens is 557 g/mol. The molecule has 0 aliphatic carbocycles. The fourth-order valence-electron chi connectivity index (χ4n) is 0. The fourth-order valence-corrected chi connectivity index (χ4v) is 0. The average Bonchev–Trinajstić information content (AvgIpc) is 0. The van der Waals surface area contributed by atoms with Crippen LogP contribution in [0.4, 0.5) is 0 Å². The van der Waals surface area contributed by atoms with Crippen LogP contribution in [0.2, 0.25) is 0 Å². The van der Waals surface area contributed by atoms with Crippen LogP contribution in [-0.2, 0) is 61.3 Å². The predicted octanol–water partition coefficient (Wildman–Crippen LogP) is -0.769. The fraction of sp³-hybridized carbons (Fsp3) is 0. The molecule has 0 heterocycles. The van der Waals surface area contributed by atoms with E-state index < -0.39 is 0 Å². The van der Waals surface area contributed by atoms with E-state index in [1.54, 1.807) is 0 Å². The van der Waals surface area contributed by atoms with Gasteiger partial charge in [0.2, 0.25) is 0 Å². The number of rotatable bonds is 0. The molecule has 0 bridgehead atoms. The van der Waals surface area contributed by atoms with Crippen LogP contribution in [0.5, 0.6) is 0 Å². The van der Waals surface area contributed by atoms with E-state index in [0.29, 0.717) is 0 Å². The summed E-state index contributed by atoms with van der Waals surface area (Å²) in [6.07, 6.45) is 0. The molecule has 8 radical (unpaired) electrons. The van der Waals surface area contributed by atoms with Gasteiger partial charge in [0, 0.05) is 109 Å². The molecule has 38 valence electrons. The van der Waals surface area contributed by atoms with E-state index in [9.17, 15) is 0 Å². The first-order chi connectivity index (χ1) is 0. The first-order valence-electron chi connectivity index (χ1n) is 0. The van der Waals surface area contributed by atoms with Gasteiger partial charge in [0.25, 0.3) is 0 Å². The van der Waals surface area contributed by atoms with Gasteiger partial charge in [-0.15, -0.1) is 0 Å². The van der Waals surface area contributed by atoms with Crippen LogP contribution >= 0.6 is 0 Å². The Bertz CT molecular complexity index is 4.85. The van der Waals surface area contributed by atoms with Gasteiger partial charge in [0.1, 0.15) is 0 Å². The van der Waals surface area contributed by atoms with Crippen LogP contribution in [-0.4, -0.2) is 47.8 Å². The molecule has 5 heavy (non-hydrogen) atoms. The molecule has 0 spiro atoms. The molecular formula is Pd3Sn2. The zero-order valence-electron chi connectivity index (χ0n) is 1.95. The Morgan fingerprint density at radius 3 is 0.400 bits per heavy atom. The van der Waals surface area contributed by atoms with Crippen LogP contribution in [0.15, 0.2) is 0 Å². The van der Waals surface area contributed by atoms with Crippen molar-refractivity contribution in [1.82, 2.24) is 0 Å². The molecule has 0 fully saturated rings. The zero-order chi connectivity index (χ0) is 0. The van der Waals surface area contributed by atoms with Crippen molar-refractivity contribution in [3.63, 3.8) is 0 Å². The van der Waals surface area contributed by atoms with Crippen molar-refractivity contribution in [2.75, 3.05) is 0 Å². The Balaban J connectivity index is 0. The molecule has 0 aliphatic rings. The Hall–Kier alpha value is 3.58. The third kappa shape index (κ3) is 18.4. The zero-order valence-corrected chi connectivity index (χ0v) is 12.3. The Labute approximate surface area is 107 Å². The molecule has 0 unspecified atom stereocenters. The molecule has 0 amide bonds. The standard InChI is InChI=1S/3Pd.2Sn. The molecule has 0 aromatic heterocycles. The van der Waals surface area contributed by atoms with Gasteiger partial charge in [-0.1, -0.05) is 0 Å². The maximum atomic E-state index is 0. The monoisotopic (exact) mass is 558 g/mol. The summed E-state index contributed by atoms with van der Waals surface area (Å²) in [6, 6.07) is 0. The van der Waals surface area contributed by atoms with Crippen molar-refractivity contribution in [2.24, 2.45) is 0 Å². The maximum absolute atomic E-state index is 0. The summed E-state index contributed by atoms with van der Waals surface area (Å²) < 4.78 is 0. The summed E-state index contributed by atoms with van der Waals surface area (Å²) in [5.74, 6) is 0. The van der Waals surface area contributed by atoms with Crippen molar-refractivity contribution in [1.29, 1.82) is 0 Å². The van der Waals surface area contributed by atoms with Gasteiger partial charge >= 0.3 is 0 Å². The van der Waals surface area contributed by atoms with Crippen molar-refractivity contribution < 1.29 is 61.3 Å². The smallest absolute Gasteiger partial charge is 0 e. The summed E-state index contributed by atoms with van der Waals surface area (Å²) >= 11 is 0. The van der Waals surface area contributed by atoms with Gasteiger partial charge in [-0.25, -0.2) is 0 Å². The largest absolute Gasteiger partial charge is 0 e. The van der Waals surface area contributed by atoms with Crippen molar-refractivity contribution in [3.05, 3.63) is 0 Å². The van der Waals surface area contributed by atoms with Gasteiger partial charge in [0.05, 0.1) is 0 Å². The van der Waals surface area contributed by atoms with Crippen LogP contribution in [0.25, 0.3) is 0 Å². The quantitative estimate of drug-likeness (QED) is 0.344. The van der Waals surface area contributed by atoms with Crippen molar-refractivity contribution in [3.8, 4) is 0 Å². The molecule has 0 saturated heterocycles. The van der Waals surface area contributed by atoms with Crippen LogP contribution < -0.4 is 0 Å². The average molecular weight is 557 g/mol. The van der Waals surface area contributed by atoms with E-state index in [-0.39, 0.29) is 109 Å². The first kappa shape index (κ1) is 38.4. The molecule has 0 N–H and O–H groups in total. The molecule has 0 saturated carbocycles. The van der Waals surface area contributed by atoms with E-state index in [1.165, 1.54) is 0 Å². The van der Waals surface area contributed by atoms with Gasteiger partial charge in [-0.05, 0) is 0 Å². The minimum atomic E-state index is 0. The molecule has 5 heteroatoms. The van der Waals surface area contributed by atoms with E-state index in [1.807, 2.05) is 0 Å². The van der Waals surface area contributed by atoms with E-state index in [4.69, 9.17) is 0 Å².